The van der Waals surface area contributed by atoms with Crippen molar-refractivity contribution in [1.29, 1.82) is 0 Å². The lowest BCUT2D eigenvalue weighted by molar-refractivity contribution is 0.328. The zero-order valence-electron chi connectivity index (χ0n) is 11.7. The average molecular weight is 298 g/mol. The predicted octanol–water partition coefficient (Wildman–Crippen LogP) is 1.49. The van der Waals surface area contributed by atoms with Crippen molar-refractivity contribution in [1.82, 2.24) is 4.72 Å². The highest BCUT2D eigenvalue weighted by Crippen LogP contribution is 2.33. The van der Waals surface area contributed by atoms with Gasteiger partial charge in [0.2, 0.25) is 10.0 Å². The van der Waals surface area contributed by atoms with Crippen LogP contribution in [0.4, 0.5) is 0 Å². The van der Waals surface area contributed by atoms with Crippen LogP contribution in [-0.4, -0.2) is 27.6 Å². The third kappa shape index (κ3) is 4.47. The van der Waals surface area contributed by atoms with Crippen LogP contribution in [0.25, 0.3) is 0 Å². The van der Waals surface area contributed by atoms with Gasteiger partial charge in [-0.2, -0.15) is 0 Å². The fourth-order valence-corrected chi connectivity index (χ4v) is 3.38. The summed E-state index contributed by atoms with van der Waals surface area (Å²) >= 11 is 0. The van der Waals surface area contributed by atoms with Gasteiger partial charge < -0.3 is 10.5 Å². The molecule has 3 N–H and O–H groups in total. The van der Waals surface area contributed by atoms with Crippen LogP contribution in [0.3, 0.4) is 0 Å². The third-order valence-corrected chi connectivity index (χ3v) is 4.87. The summed E-state index contributed by atoms with van der Waals surface area (Å²) in [6.45, 7) is 2.76. The second kappa shape index (κ2) is 6.56. The average Bonchev–Trinajstić information content (AvgIpc) is 3.20. The Labute approximate surface area is 120 Å². The molecule has 1 unspecified atom stereocenters. The second-order valence-electron chi connectivity index (χ2n) is 5.31. The minimum atomic E-state index is -3.44. The van der Waals surface area contributed by atoms with Crippen LogP contribution >= 0.6 is 0 Å². The van der Waals surface area contributed by atoms with Crippen molar-refractivity contribution < 1.29 is 13.2 Å². The van der Waals surface area contributed by atoms with Crippen molar-refractivity contribution in [3.8, 4) is 5.75 Å². The Morgan fingerprint density at radius 1 is 1.35 bits per heavy atom. The largest absolute Gasteiger partial charge is 0.492 e. The number of benzene rings is 1. The highest BCUT2D eigenvalue weighted by atomic mass is 32.2. The first-order valence-corrected chi connectivity index (χ1v) is 8.45. The van der Waals surface area contributed by atoms with Crippen LogP contribution in [0.2, 0.25) is 0 Å². The lowest BCUT2D eigenvalue weighted by Crippen LogP contribution is -2.32. The van der Waals surface area contributed by atoms with Crippen molar-refractivity contribution in [2.24, 2.45) is 11.7 Å². The third-order valence-electron chi connectivity index (χ3n) is 3.26. The minimum Gasteiger partial charge on any atom is -0.492 e. The number of hydrogen-bond donors (Lipinski definition) is 2. The summed E-state index contributed by atoms with van der Waals surface area (Å²) in [6, 6.07) is 6.38. The standard InChI is InChI=1S/C14H22N2O3S/c1-11(10-12-2-3-12)16-20(17,18)14-6-4-13(5-7-14)19-9-8-15/h4-7,11-12,16H,2-3,8-10,15H2,1H3. The number of nitrogens with one attached hydrogen (secondary N) is 1. The Morgan fingerprint density at radius 2 is 2.00 bits per heavy atom. The molecule has 0 heterocycles. The summed E-state index contributed by atoms with van der Waals surface area (Å²) < 4.78 is 32.4. The van der Waals surface area contributed by atoms with E-state index in [0.29, 0.717) is 24.8 Å². The van der Waals surface area contributed by atoms with E-state index in [2.05, 4.69) is 4.72 Å². The number of sulfonamides is 1. The van der Waals surface area contributed by atoms with Gasteiger partial charge in [-0.1, -0.05) is 12.8 Å². The molecule has 0 saturated heterocycles. The van der Waals surface area contributed by atoms with Gasteiger partial charge in [0.25, 0.3) is 0 Å². The lowest BCUT2D eigenvalue weighted by atomic mass is 10.2. The van der Waals surface area contributed by atoms with E-state index in [1.165, 1.54) is 12.8 Å². The van der Waals surface area contributed by atoms with Crippen molar-refractivity contribution in [3.63, 3.8) is 0 Å². The Kier molecular flexibility index (Phi) is 5.01. The molecule has 1 fully saturated rings. The highest BCUT2D eigenvalue weighted by Gasteiger charge is 2.26. The van der Waals surface area contributed by atoms with E-state index in [9.17, 15) is 8.42 Å². The Morgan fingerprint density at radius 3 is 2.55 bits per heavy atom. The normalized spacial score (nSPS) is 16.9. The molecule has 1 aliphatic carbocycles. The Balaban J connectivity index is 1.97. The lowest BCUT2D eigenvalue weighted by Gasteiger charge is -2.14. The number of hydrogen-bond acceptors (Lipinski definition) is 4. The van der Waals surface area contributed by atoms with Crippen molar-refractivity contribution in [3.05, 3.63) is 24.3 Å². The molecule has 0 aliphatic heterocycles. The van der Waals surface area contributed by atoms with Crippen molar-refractivity contribution in [2.45, 2.75) is 37.1 Å². The Hall–Kier alpha value is -1.11. The van der Waals surface area contributed by atoms with E-state index in [1.54, 1.807) is 24.3 Å². The van der Waals surface area contributed by atoms with Gasteiger partial charge in [-0.15, -0.1) is 0 Å². The fourth-order valence-electron chi connectivity index (χ4n) is 2.13. The molecule has 2 rings (SSSR count). The number of rotatable bonds is 8. The molecule has 1 aliphatic rings. The quantitative estimate of drug-likeness (QED) is 0.762. The van der Waals surface area contributed by atoms with Crippen molar-refractivity contribution >= 4 is 10.0 Å². The molecule has 0 bridgehead atoms. The summed E-state index contributed by atoms with van der Waals surface area (Å²) in [5.74, 6) is 1.32. The molecular formula is C14H22N2O3S. The van der Waals surface area contributed by atoms with Gasteiger partial charge in [0.15, 0.2) is 0 Å². The van der Waals surface area contributed by atoms with Gasteiger partial charge in [0, 0.05) is 12.6 Å². The molecule has 1 atom stereocenters. The summed E-state index contributed by atoms with van der Waals surface area (Å²) in [5.41, 5.74) is 5.34. The molecular weight excluding hydrogens is 276 g/mol. The van der Waals surface area contributed by atoms with E-state index in [0.717, 1.165) is 6.42 Å². The van der Waals surface area contributed by atoms with Gasteiger partial charge in [0.05, 0.1) is 4.90 Å². The van der Waals surface area contributed by atoms with E-state index < -0.39 is 10.0 Å². The SMILES string of the molecule is CC(CC1CC1)NS(=O)(=O)c1ccc(OCCN)cc1. The monoisotopic (exact) mass is 298 g/mol. The molecule has 5 nitrogen and oxygen atoms in total. The van der Waals surface area contributed by atoms with E-state index in [-0.39, 0.29) is 10.9 Å². The molecule has 0 spiro atoms. The molecule has 0 radical (unpaired) electrons. The minimum absolute atomic E-state index is 0.0272. The molecule has 1 aromatic carbocycles. The van der Waals surface area contributed by atoms with Gasteiger partial charge >= 0.3 is 0 Å². The second-order valence-corrected chi connectivity index (χ2v) is 7.02. The highest BCUT2D eigenvalue weighted by molar-refractivity contribution is 7.89. The molecule has 112 valence electrons. The van der Waals surface area contributed by atoms with Gasteiger partial charge in [0.1, 0.15) is 12.4 Å². The first kappa shape index (κ1) is 15.3. The maximum absolute atomic E-state index is 12.2. The Bertz CT molecular complexity index is 524. The maximum atomic E-state index is 12.2. The van der Waals surface area contributed by atoms with E-state index in [4.69, 9.17) is 10.5 Å². The van der Waals surface area contributed by atoms with E-state index in [1.807, 2.05) is 6.92 Å². The van der Waals surface area contributed by atoms with Crippen LogP contribution in [0, 0.1) is 5.92 Å². The molecule has 1 saturated carbocycles. The summed E-state index contributed by atoms with van der Waals surface area (Å²) in [4.78, 5) is 0.264. The zero-order valence-corrected chi connectivity index (χ0v) is 12.5. The smallest absolute Gasteiger partial charge is 0.240 e. The summed E-state index contributed by atoms with van der Waals surface area (Å²) in [6.07, 6.45) is 3.36. The molecule has 6 heteroatoms. The fraction of sp³-hybridized carbons (Fsp3) is 0.571. The first-order chi connectivity index (χ1) is 9.51. The van der Waals surface area contributed by atoms with Crippen molar-refractivity contribution in [2.75, 3.05) is 13.2 Å². The topological polar surface area (TPSA) is 81.4 Å². The summed E-state index contributed by atoms with van der Waals surface area (Å²) in [7, 11) is -3.44. The zero-order chi connectivity index (χ0) is 14.6. The first-order valence-electron chi connectivity index (χ1n) is 6.96. The van der Waals surface area contributed by atoms with Crippen LogP contribution in [0.15, 0.2) is 29.2 Å². The van der Waals surface area contributed by atoms with Gasteiger partial charge in [-0.05, 0) is 43.5 Å². The van der Waals surface area contributed by atoms with Crippen LogP contribution in [0.1, 0.15) is 26.2 Å². The van der Waals surface area contributed by atoms with E-state index >= 15 is 0 Å². The maximum Gasteiger partial charge on any atom is 0.240 e. The van der Waals surface area contributed by atoms with Gasteiger partial charge in [-0.3, -0.25) is 0 Å². The number of nitrogens with two attached hydrogens (primary N) is 1. The molecule has 1 aromatic rings. The molecule has 0 aromatic heterocycles. The number of ether oxygens (including phenoxy) is 1. The van der Waals surface area contributed by atoms with Gasteiger partial charge in [-0.25, -0.2) is 13.1 Å². The summed E-state index contributed by atoms with van der Waals surface area (Å²) in [5, 5.41) is 0. The van der Waals surface area contributed by atoms with Crippen LogP contribution < -0.4 is 15.2 Å². The van der Waals surface area contributed by atoms with Crippen LogP contribution in [-0.2, 0) is 10.0 Å². The molecule has 0 amide bonds. The molecule has 20 heavy (non-hydrogen) atoms. The van der Waals surface area contributed by atoms with Crippen LogP contribution in [0.5, 0.6) is 5.75 Å². The predicted molar refractivity (Wildman–Crippen MR) is 78.1 cm³/mol.